The fourth-order valence-electron chi connectivity index (χ4n) is 2.10. The van der Waals surface area contributed by atoms with E-state index >= 15 is 0 Å². The SMILES string of the molecule is N#Cc1cc(Br)ccc1Nc1ccc(Cl)c2cccnc12. The predicted molar refractivity (Wildman–Crippen MR) is 88.9 cm³/mol. The Morgan fingerprint density at radius 3 is 2.76 bits per heavy atom. The molecule has 21 heavy (non-hydrogen) atoms. The normalized spacial score (nSPS) is 10.3. The minimum Gasteiger partial charge on any atom is -0.353 e. The molecule has 0 radical (unpaired) electrons. The van der Waals surface area contributed by atoms with Crippen LogP contribution in [0.15, 0.2) is 53.1 Å². The van der Waals surface area contributed by atoms with Crippen molar-refractivity contribution in [3.63, 3.8) is 0 Å². The average molecular weight is 359 g/mol. The van der Waals surface area contributed by atoms with E-state index < -0.39 is 0 Å². The largest absolute Gasteiger partial charge is 0.353 e. The molecule has 0 saturated heterocycles. The van der Waals surface area contributed by atoms with E-state index in [0.29, 0.717) is 10.6 Å². The molecule has 0 atom stereocenters. The van der Waals surface area contributed by atoms with Crippen LogP contribution in [0.5, 0.6) is 0 Å². The first-order chi connectivity index (χ1) is 10.2. The van der Waals surface area contributed by atoms with E-state index in [2.05, 4.69) is 32.3 Å². The van der Waals surface area contributed by atoms with Gasteiger partial charge in [0.25, 0.3) is 0 Å². The van der Waals surface area contributed by atoms with E-state index in [1.165, 1.54) is 0 Å². The molecular formula is C16H9BrClN3. The molecule has 0 bridgehead atoms. The second-order valence-corrected chi connectivity index (χ2v) is 5.74. The Morgan fingerprint density at radius 1 is 1.14 bits per heavy atom. The van der Waals surface area contributed by atoms with Crippen molar-refractivity contribution in [3.8, 4) is 6.07 Å². The van der Waals surface area contributed by atoms with E-state index in [1.807, 2.05) is 36.4 Å². The van der Waals surface area contributed by atoms with Crippen molar-refractivity contribution in [1.29, 1.82) is 5.26 Å². The predicted octanol–water partition coefficient (Wildman–Crippen LogP) is 5.27. The molecule has 0 amide bonds. The summed E-state index contributed by atoms with van der Waals surface area (Å²) in [5, 5.41) is 14.0. The highest BCUT2D eigenvalue weighted by Crippen LogP contribution is 2.31. The molecule has 102 valence electrons. The minimum atomic E-state index is 0.559. The number of halogens is 2. The highest BCUT2D eigenvalue weighted by atomic mass is 79.9. The molecule has 3 rings (SSSR count). The molecule has 0 aliphatic carbocycles. The maximum Gasteiger partial charge on any atom is 0.101 e. The summed E-state index contributed by atoms with van der Waals surface area (Å²) in [6.45, 7) is 0. The molecule has 0 aliphatic rings. The van der Waals surface area contributed by atoms with Gasteiger partial charge in [-0.15, -0.1) is 0 Å². The Bertz CT molecular complexity index is 871. The molecule has 1 N–H and O–H groups in total. The average Bonchev–Trinajstić information content (AvgIpc) is 2.52. The minimum absolute atomic E-state index is 0.559. The lowest BCUT2D eigenvalue weighted by molar-refractivity contribution is 1.40. The number of hydrogen-bond acceptors (Lipinski definition) is 3. The lowest BCUT2D eigenvalue weighted by Crippen LogP contribution is -1.96. The molecule has 3 nitrogen and oxygen atoms in total. The fourth-order valence-corrected chi connectivity index (χ4v) is 2.68. The zero-order valence-corrected chi connectivity index (χ0v) is 13.1. The number of benzene rings is 2. The summed E-state index contributed by atoms with van der Waals surface area (Å²) < 4.78 is 0.865. The number of hydrogen-bond donors (Lipinski definition) is 1. The maximum atomic E-state index is 9.23. The molecule has 0 aliphatic heterocycles. The third-order valence-electron chi connectivity index (χ3n) is 3.09. The molecule has 5 heteroatoms. The highest BCUT2D eigenvalue weighted by Gasteiger charge is 2.08. The van der Waals surface area contributed by atoms with Crippen molar-refractivity contribution in [2.24, 2.45) is 0 Å². The smallest absolute Gasteiger partial charge is 0.101 e. The summed E-state index contributed by atoms with van der Waals surface area (Å²) in [6.07, 6.45) is 1.72. The second-order valence-electron chi connectivity index (χ2n) is 4.42. The van der Waals surface area contributed by atoms with Crippen LogP contribution in [0.4, 0.5) is 11.4 Å². The number of anilines is 2. The van der Waals surface area contributed by atoms with Gasteiger partial charge in [0.1, 0.15) is 6.07 Å². The molecule has 0 unspecified atom stereocenters. The van der Waals surface area contributed by atoms with Crippen LogP contribution in [-0.2, 0) is 0 Å². The molecule has 2 aromatic carbocycles. The standard InChI is InChI=1S/C16H9BrClN3/c17-11-3-5-14(10(8-11)9-19)21-15-6-4-13(18)12-2-1-7-20-16(12)15/h1-8,21H. The van der Waals surface area contributed by atoms with Crippen LogP contribution in [-0.4, -0.2) is 4.98 Å². The first-order valence-corrected chi connectivity index (χ1v) is 7.36. The van der Waals surface area contributed by atoms with Gasteiger partial charge in [-0.2, -0.15) is 5.26 Å². The first-order valence-electron chi connectivity index (χ1n) is 6.19. The van der Waals surface area contributed by atoms with Gasteiger partial charge in [0.15, 0.2) is 0 Å². The van der Waals surface area contributed by atoms with Gasteiger partial charge in [0, 0.05) is 16.1 Å². The maximum absolute atomic E-state index is 9.23. The van der Waals surface area contributed by atoms with Gasteiger partial charge in [0.2, 0.25) is 0 Å². The van der Waals surface area contributed by atoms with E-state index in [9.17, 15) is 5.26 Å². The van der Waals surface area contributed by atoms with Crippen molar-refractivity contribution < 1.29 is 0 Å². The van der Waals surface area contributed by atoms with E-state index in [-0.39, 0.29) is 0 Å². The molecule has 0 spiro atoms. The Kier molecular flexibility index (Phi) is 3.78. The van der Waals surface area contributed by atoms with Gasteiger partial charge in [-0.05, 0) is 42.5 Å². The van der Waals surface area contributed by atoms with Gasteiger partial charge in [-0.25, -0.2) is 0 Å². The van der Waals surface area contributed by atoms with Crippen LogP contribution in [0.25, 0.3) is 10.9 Å². The number of nitrogens with one attached hydrogen (secondary N) is 1. The molecule has 0 fully saturated rings. The number of nitrogens with zero attached hydrogens (tertiary/aromatic N) is 2. The zero-order chi connectivity index (χ0) is 14.8. The van der Waals surface area contributed by atoms with Crippen molar-refractivity contribution in [3.05, 3.63) is 63.7 Å². The Balaban J connectivity index is 2.11. The van der Waals surface area contributed by atoms with Crippen LogP contribution in [0, 0.1) is 11.3 Å². The van der Waals surface area contributed by atoms with E-state index in [1.54, 1.807) is 12.3 Å². The Labute approximate surface area is 135 Å². The van der Waals surface area contributed by atoms with Gasteiger partial charge >= 0.3 is 0 Å². The van der Waals surface area contributed by atoms with Crippen molar-refractivity contribution in [1.82, 2.24) is 4.98 Å². The summed E-state index contributed by atoms with van der Waals surface area (Å²) in [6, 6.07) is 15.1. The Hall–Kier alpha value is -2.09. The molecule has 0 saturated carbocycles. The molecule has 1 heterocycles. The summed E-state index contributed by atoms with van der Waals surface area (Å²) in [5.74, 6) is 0. The van der Waals surface area contributed by atoms with Gasteiger partial charge in [-0.1, -0.05) is 27.5 Å². The van der Waals surface area contributed by atoms with Crippen LogP contribution in [0.2, 0.25) is 5.02 Å². The van der Waals surface area contributed by atoms with Crippen LogP contribution < -0.4 is 5.32 Å². The van der Waals surface area contributed by atoms with Crippen molar-refractivity contribution in [2.45, 2.75) is 0 Å². The monoisotopic (exact) mass is 357 g/mol. The lowest BCUT2D eigenvalue weighted by atomic mass is 10.1. The van der Waals surface area contributed by atoms with Crippen molar-refractivity contribution in [2.75, 3.05) is 5.32 Å². The third kappa shape index (κ3) is 2.71. The fraction of sp³-hybridized carbons (Fsp3) is 0. The second kappa shape index (κ2) is 5.72. The zero-order valence-electron chi connectivity index (χ0n) is 10.8. The van der Waals surface area contributed by atoms with Crippen LogP contribution in [0.1, 0.15) is 5.56 Å². The summed E-state index contributed by atoms with van der Waals surface area (Å²) in [7, 11) is 0. The molecule has 1 aromatic heterocycles. The number of aromatic nitrogens is 1. The number of rotatable bonds is 2. The van der Waals surface area contributed by atoms with E-state index in [4.69, 9.17) is 11.6 Å². The third-order valence-corrected chi connectivity index (χ3v) is 3.91. The topological polar surface area (TPSA) is 48.7 Å². The van der Waals surface area contributed by atoms with Gasteiger partial charge in [-0.3, -0.25) is 4.98 Å². The first kappa shape index (κ1) is 13.9. The van der Waals surface area contributed by atoms with Crippen LogP contribution >= 0.6 is 27.5 Å². The molecular weight excluding hydrogens is 350 g/mol. The summed E-state index contributed by atoms with van der Waals surface area (Å²) in [4.78, 5) is 4.37. The number of fused-ring (bicyclic) bond motifs is 1. The quantitative estimate of drug-likeness (QED) is 0.679. The van der Waals surface area contributed by atoms with Gasteiger partial charge in [0.05, 0.1) is 27.5 Å². The number of pyridine rings is 1. The van der Waals surface area contributed by atoms with Crippen molar-refractivity contribution >= 4 is 49.8 Å². The highest BCUT2D eigenvalue weighted by molar-refractivity contribution is 9.10. The van der Waals surface area contributed by atoms with E-state index in [0.717, 1.165) is 26.8 Å². The summed E-state index contributed by atoms with van der Waals surface area (Å²) >= 11 is 9.55. The van der Waals surface area contributed by atoms with Crippen LogP contribution in [0.3, 0.4) is 0 Å². The number of nitriles is 1. The summed E-state index contributed by atoms with van der Waals surface area (Å²) in [5.41, 5.74) is 2.88. The Morgan fingerprint density at radius 2 is 1.95 bits per heavy atom. The molecule has 3 aromatic rings. The lowest BCUT2D eigenvalue weighted by Gasteiger charge is -2.11. The van der Waals surface area contributed by atoms with Gasteiger partial charge < -0.3 is 5.32 Å².